The molecule has 1 saturated carbocycles. The zero-order valence-corrected chi connectivity index (χ0v) is 10.2. The first-order valence-corrected chi connectivity index (χ1v) is 6.09. The SMILES string of the molecule is CCn1nc(C)cc1CNCC1(O)CCC1. The van der Waals surface area contributed by atoms with E-state index < -0.39 is 5.60 Å². The van der Waals surface area contributed by atoms with E-state index >= 15 is 0 Å². The molecule has 2 N–H and O–H groups in total. The fraction of sp³-hybridized carbons (Fsp3) is 0.750. The van der Waals surface area contributed by atoms with Crippen LogP contribution in [0.15, 0.2) is 6.07 Å². The van der Waals surface area contributed by atoms with Crippen LogP contribution in [0.5, 0.6) is 0 Å². The van der Waals surface area contributed by atoms with Crippen LogP contribution in [-0.4, -0.2) is 27.0 Å². The first kappa shape index (κ1) is 11.6. The van der Waals surface area contributed by atoms with Crippen LogP contribution in [0.25, 0.3) is 0 Å². The van der Waals surface area contributed by atoms with E-state index in [2.05, 4.69) is 23.4 Å². The van der Waals surface area contributed by atoms with Crippen molar-refractivity contribution in [3.05, 3.63) is 17.5 Å². The van der Waals surface area contributed by atoms with Crippen molar-refractivity contribution in [1.82, 2.24) is 15.1 Å². The summed E-state index contributed by atoms with van der Waals surface area (Å²) in [6.07, 6.45) is 3.03. The normalized spacial score (nSPS) is 18.4. The molecule has 1 heterocycles. The number of aromatic nitrogens is 2. The van der Waals surface area contributed by atoms with Crippen LogP contribution in [0, 0.1) is 6.92 Å². The predicted octanol–water partition coefficient (Wildman–Crippen LogP) is 1.22. The van der Waals surface area contributed by atoms with Crippen molar-refractivity contribution in [2.24, 2.45) is 0 Å². The molecule has 0 aliphatic heterocycles. The lowest BCUT2D eigenvalue weighted by molar-refractivity contribution is -0.0315. The summed E-state index contributed by atoms with van der Waals surface area (Å²) in [6, 6.07) is 2.10. The van der Waals surface area contributed by atoms with Gasteiger partial charge in [0.15, 0.2) is 0 Å². The summed E-state index contributed by atoms with van der Waals surface area (Å²) in [5, 5.41) is 17.6. The minimum absolute atomic E-state index is 0.438. The van der Waals surface area contributed by atoms with Crippen molar-refractivity contribution in [1.29, 1.82) is 0 Å². The Labute approximate surface area is 96.7 Å². The molecule has 1 aliphatic rings. The molecule has 0 aromatic carbocycles. The van der Waals surface area contributed by atoms with Gasteiger partial charge in [-0.05, 0) is 39.2 Å². The fourth-order valence-electron chi connectivity index (χ4n) is 2.20. The predicted molar refractivity (Wildman–Crippen MR) is 63.1 cm³/mol. The van der Waals surface area contributed by atoms with Crippen molar-refractivity contribution >= 4 is 0 Å². The Bertz CT molecular complexity index is 355. The molecule has 2 rings (SSSR count). The Morgan fingerprint density at radius 2 is 2.31 bits per heavy atom. The third-order valence-electron chi connectivity index (χ3n) is 3.33. The first-order chi connectivity index (χ1) is 7.63. The molecule has 0 radical (unpaired) electrons. The standard InChI is InChI=1S/C12H21N3O/c1-3-15-11(7-10(2)14-15)8-13-9-12(16)5-4-6-12/h7,13,16H,3-6,8-9H2,1-2H3. The van der Waals surface area contributed by atoms with E-state index in [9.17, 15) is 5.11 Å². The van der Waals surface area contributed by atoms with Gasteiger partial charge < -0.3 is 10.4 Å². The summed E-state index contributed by atoms with van der Waals surface area (Å²) in [6.45, 7) is 6.48. The zero-order chi connectivity index (χ0) is 11.6. The average Bonchev–Trinajstić information content (AvgIpc) is 2.56. The third kappa shape index (κ3) is 2.44. The van der Waals surface area contributed by atoms with Gasteiger partial charge in [0.2, 0.25) is 0 Å². The van der Waals surface area contributed by atoms with E-state index in [1.165, 1.54) is 5.69 Å². The molecule has 1 fully saturated rings. The number of hydrogen-bond acceptors (Lipinski definition) is 3. The van der Waals surface area contributed by atoms with Crippen LogP contribution in [0.1, 0.15) is 37.6 Å². The van der Waals surface area contributed by atoms with Gasteiger partial charge in [-0.3, -0.25) is 4.68 Å². The highest BCUT2D eigenvalue weighted by molar-refractivity contribution is 5.08. The highest BCUT2D eigenvalue weighted by atomic mass is 16.3. The van der Waals surface area contributed by atoms with Crippen molar-refractivity contribution in [3.63, 3.8) is 0 Å². The number of hydrogen-bond donors (Lipinski definition) is 2. The summed E-state index contributed by atoms with van der Waals surface area (Å²) >= 11 is 0. The molecule has 16 heavy (non-hydrogen) atoms. The summed E-state index contributed by atoms with van der Waals surface area (Å²) in [4.78, 5) is 0. The Kier molecular flexibility index (Phi) is 3.30. The molecule has 0 spiro atoms. The van der Waals surface area contributed by atoms with Gasteiger partial charge in [0, 0.05) is 19.6 Å². The summed E-state index contributed by atoms with van der Waals surface area (Å²) in [7, 11) is 0. The second-order valence-corrected chi connectivity index (χ2v) is 4.77. The molecule has 1 aliphatic carbocycles. The highest BCUT2D eigenvalue weighted by Gasteiger charge is 2.33. The quantitative estimate of drug-likeness (QED) is 0.789. The largest absolute Gasteiger partial charge is 0.389 e. The Morgan fingerprint density at radius 1 is 1.56 bits per heavy atom. The minimum atomic E-state index is -0.438. The van der Waals surface area contributed by atoms with Crippen LogP contribution < -0.4 is 5.32 Å². The van der Waals surface area contributed by atoms with E-state index in [0.717, 1.165) is 38.0 Å². The Balaban J connectivity index is 1.84. The van der Waals surface area contributed by atoms with E-state index in [1.807, 2.05) is 11.6 Å². The second-order valence-electron chi connectivity index (χ2n) is 4.77. The smallest absolute Gasteiger partial charge is 0.0771 e. The third-order valence-corrected chi connectivity index (χ3v) is 3.33. The van der Waals surface area contributed by atoms with Gasteiger partial charge in [0.1, 0.15) is 0 Å². The van der Waals surface area contributed by atoms with Crippen LogP contribution in [0.4, 0.5) is 0 Å². The van der Waals surface area contributed by atoms with E-state index in [4.69, 9.17) is 0 Å². The van der Waals surface area contributed by atoms with Gasteiger partial charge in [-0.2, -0.15) is 5.10 Å². The van der Waals surface area contributed by atoms with Crippen molar-refractivity contribution in [2.75, 3.05) is 6.54 Å². The molecule has 0 atom stereocenters. The van der Waals surface area contributed by atoms with Crippen LogP contribution in [-0.2, 0) is 13.1 Å². The molecular formula is C12H21N3O. The maximum atomic E-state index is 9.93. The first-order valence-electron chi connectivity index (χ1n) is 6.09. The molecule has 0 saturated heterocycles. The second kappa shape index (κ2) is 4.55. The summed E-state index contributed by atoms with van der Waals surface area (Å²) < 4.78 is 2.01. The lowest BCUT2D eigenvalue weighted by Crippen LogP contribution is -2.46. The van der Waals surface area contributed by atoms with E-state index in [1.54, 1.807) is 0 Å². The van der Waals surface area contributed by atoms with E-state index in [-0.39, 0.29) is 0 Å². The van der Waals surface area contributed by atoms with Crippen molar-refractivity contribution in [2.45, 2.75) is 51.8 Å². The molecule has 90 valence electrons. The van der Waals surface area contributed by atoms with Crippen molar-refractivity contribution in [3.8, 4) is 0 Å². The molecule has 0 unspecified atom stereocenters. The minimum Gasteiger partial charge on any atom is -0.389 e. The number of nitrogens with zero attached hydrogens (tertiary/aromatic N) is 2. The zero-order valence-electron chi connectivity index (χ0n) is 10.2. The average molecular weight is 223 g/mol. The van der Waals surface area contributed by atoms with Gasteiger partial charge >= 0.3 is 0 Å². The van der Waals surface area contributed by atoms with Crippen molar-refractivity contribution < 1.29 is 5.11 Å². The van der Waals surface area contributed by atoms with Gasteiger partial charge in [0.05, 0.1) is 17.0 Å². The molecule has 4 nitrogen and oxygen atoms in total. The molecular weight excluding hydrogens is 202 g/mol. The number of nitrogens with one attached hydrogen (secondary N) is 1. The van der Waals surface area contributed by atoms with Crippen LogP contribution in [0.2, 0.25) is 0 Å². The van der Waals surface area contributed by atoms with Crippen LogP contribution >= 0.6 is 0 Å². The van der Waals surface area contributed by atoms with Gasteiger partial charge in [-0.1, -0.05) is 0 Å². The lowest BCUT2D eigenvalue weighted by Gasteiger charge is -2.36. The van der Waals surface area contributed by atoms with Gasteiger partial charge in [-0.15, -0.1) is 0 Å². The molecule has 4 heteroatoms. The summed E-state index contributed by atoms with van der Waals surface area (Å²) in [5.74, 6) is 0. The van der Waals surface area contributed by atoms with Gasteiger partial charge in [-0.25, -0.2) is 0 Å². The monoisotopic (exact) mass is 223 g/mol. The molecule has 0 amide bonds. The van der Waals surface area contributed by atoms with E-state index in [0.29, 0.717) is 6.54 Å². The Morgan fingerprint density at radius 3 is 2.88 bits per heavy atom. The highest BCUT2D eigenvalue weighted by Crippen LogP contribution is 2.30. The Hall–Kier alpha value is -0.870. The fourth-order valence-corrected chi connectivity index (χ4v) is 2.20. The lowest BCUT2D eigenvalue weighted by atomic mass is 9.80. The maximum Gasteiger partial charge on any atom is 0.0771 e. The molecule has 1 aromatic heterocycles. The number of aliphatic hydroxyl groups is 1. The molecule has 1 aromatic rings. The van der Waals surface area contributed by atoms with Gasteiger partial charge in [0.25, 0.3) is 0 Å². The number of aryl methyl sites for hydroxylation is 2. The number of rotatable bonds is 5. The summed E-state index contributed by atoms with van der Waals surface area (Å²) in [5.41, 5.74) is 1.82. The topological polar surface area (TPSA) is 50.1 Å². The maximum absolute atomic E-state index is 9.93. The van der Waals surface area contributed by atoms with Crippen LogP contribution in [0.3, 0.4) is 0 Å². The molecule has 0 bridgehead atoms.